The number of carbonyl (C=O) groups is 2. The van der Waals surface area contributed by atoms with Crippen molar-refractivity contribution in [2.45, 2.75) is 26.2 Å². The summed E-state index contributed by atoms with van der Waals surface area (Å²) < 4.78 is 8.04. The number of aromatic amines is 1. The van der Waals surface area contributed by atoms with Crippen molar-refractivity contribution in [2.24, 2.45) is 7.05 Å². The number of rotatable bonds is 9. The maximum Gasteiger partial charge on any atom is 0.303 e. The van der Waals surface area contributed by atoms with Gasteiger partial charge in [0.15, 0.2) is 0 Å². The average Bonchev–Trinajstić information content (AvgIpc) is 3.45. The van der Waals surface area contributed by atoms with E-state index in [1.165, 1.54) is 0 Å². The highest BCUT2D eigenvalue weighted by Gasteiger charge is 2.14. The van der Waals surface area contributed by atoms with Crippen molar-refractivity contribution in [3.8, 4) is 22.9 Å². The van der Waals surface area contributed by atoms with Crippen LogP contribution in [0.1, 0.15) is 35.2 Å². The standard InChI is InChI=1S/C29H27ClN4O4/c1-17-6-8-20(14-21(17)28(37)31-11-4-3-5-27(35)36)38-29-32-24-15-22(23(30)16-25(24)33-29)18-7-9-26-19(13-18)10-12-34(26)2/h6-10,12-16H,3-5,11H2,1-2H3,(H,31,37)(H,32,33)(H,35,36). The molecule has 0 saturated carbocycles. The smallest absolute Gasteiger partial charge is 0.303 e. The van der Waals surface area contributed by atoms with Crippen molar-refractivity contribution < 1.29 is 19.4 Å². The summed E-state index contributed by atoms with van der Waals surface area (Å²) in [4.78, 5) is 31.1. The summed E-state index contributed by atoms with van der Waals surface area (Å²) in [6, 6.07) is 17.6. The molecule has 0 atom stereocenters. The van der Waals surface area contributed by atoms with Gasteiger partial charge in [0.1, 0.15) is 5.75 Å². The van der Waals surface area contributed by atoms with Gasteiger partial charge in [-0.25, -0.2) is 0 Å². The van der Waals surface area contributed by atoms with Crippen molar-refractivity contribution in [1.82, 2.24) is 19.9 Å². The maximum absolute atomic E-state index is 12.7. The summed E-state index contributed by atoms with van der Waals surface area (Å²) >= 11 is 6.65. The fourth-order valence-electron chi connectivity index (χ4n) is 4.44. The van der Waals surface area contributed by atoms with E-state index in [0.717, 1.165) is 33.1 Å². The van der Waals surface area contributed by atoms with E-state index in [4.69, 9.17) is 21.4 Å². The molecule has 0 aliphatic carbocycles. The van der Waals surface area contributed by atoms with E-state index in [0.29, 0.717) is 41.2 Å². The molecule has 3 aromatic carbocycles. The average molecular weight is 531 g/mol. The summed E-state index contributed by atoms with van der Waals surface area (Å²) in [5.74, 6) is -0.610. The number of aliphatic carboxylic acids is 1. The lowest BCUT2D eigenvalue weighted by Gasteiger charge is -2.09. The molecule has 38 heavy (non-hydrogen) atoms. The number of nitrogens with one attached hydrogen (secondary N) is 2. The molecular formula is C29H27ClN4O4. The van der Waals surface area contributed by atoms with Gasteiger partial charge in [-0.15, -0.1) is 0 Å². The second-order valence-electron chi connectivity index (χ2n) is 9.28. The number of halogens is 1. The topological polar surface area (TPSA) is 109 Å². The monoisotopic (exact) mass is 530 g/mol. The quantitative estimate of drug-likeness (QED) is 0.189. The van der Waals surface area contributed by atoms with Gasteiger partial charge in [0.25, 0.3) is 11.9 Å². The Morgan fingerprint density at radius 1 is 1.11 bits per heavy atom. The molecule has 0 radical (unpaired) electrons. The molecule has 0 fully saturated rings. The normalized spacial score (nSPS) is 11.2. The van der Waals surface area contributed by atoms with E-state index in [-0.39, 0.29) is 18.3 Å². The van der Waals surface area contributed by atoms with Crippen LogP contribution in [0.3, 0.4) is 0 Å². The van der Waals surface area contributed by atoms with Gasteiger partial charge in [-0.3, -0.25) is 9.59 Å². The lowest BCUT2D eigenvalue weighted by atomic mass is 10.0. The molecule has 0 aliphatic rings. The molecule has 194 valence electrons. The Balaban J connectivity index is 1.33. The van der Waals surface area contributed by atoms with Gasteiger partial charge in [-0.05, 0) is 73.4 Å². The van der Waals surface area contributed by atoms with Crippen LogP contribution in [0.15, 0.2) is 60.8 Å². The summed E-state index contributed by atoms with van der Waals surface area (Å²) in [6.45, 7) is 2.25. The van der Waals surface area contributed by atoms with Gasteiger partial charge < -0.3 is 24.7 Å². The molecular weight excluding hydrogens is 504 g/mol. The molecule has 2 aromatic heterocycles. The first-order valence-electron chi connectivity index (χ1n) is 12.3. The summed E-state index contributed by atoms with van der Waals surface area (Å²) in [7, 11) is 2.01. The van der Waals surface area contributed by atoms with Crippen LogP contribution < -0.4 is 10.1 Å². The molecule has 8 nitrogen and oxygen atoms in total. The predicted octanol–water partition coefficient (Wildman–Crippen LogP) is 6.46. The molecule has 0 unspecified atom stereocenters. The number of benzene rings is 3. The number of hydrogen-bond acceptors (Lipinski definition) is 4. The molecule has 0 saturated heterocycles. The minimum Gasteiger partial charge on any atom is -0.481 e. The predicted molar refractivity (Wildman–Crippen MR) is 148 cm³/mol. The van der Waals surface area contributed by atoms with E-state index in [1.54, 1.807) is 12.1 Å². The lowest BCUT2D eigenvalue weighted by Crippen LogP contribution is -2.25. The highest BCUT2D eigenvalue weighted by Crippen LogP contribution is 2.34. The third kappa shape index (κ3) is 5.35. The Morgan fingerprint density at radius 3 is 2.76 bits per heavy atom. The van der Waals surface area contributed by atoms with Crippen molar-refractivity contribution in [3.05, 3.63) is 76.9 Å². The number of aromatic nitrogens is 3. The van der Waals surface area contributed by atoms with Gasteiger partial charge in [-0.2, -0.15) is 4.98 Å². The number of nitrogens with zero attached hydrogens (tertiary/aromatic N) is 2. The Kier molecular flexibility index (Phi) is 7.07. The van der Waals surface area contributed by atoms with Crippen LogP contribution in [0, 0.1) is 6.92 Å². The van der Waals surface area contributed by atoms with Gasteiger partial charge in [-0.1, -0.05) is 23.7 Å². The molecule has 2 heterocycles. The Labute approximate surface area is 224 Å². The third-order valence-electron chi connectivity index (χ3n) is 6.52. The molecule has 5 aromatic rings. The highest BCUT2D eigenvalue weighted by atomic mass is 35.5. The first kappa shape index (κ1) is 25.4. The number of amides is 1. The number of unbranched alkanes of at least 4 members (excludes halogenated alkanes) is 1. The van der Waals surface area contributed by atoms with E-state index in [2.05, 4.69) is 38.1 Å². The number of carboxylic acid groups (broad SMARTS) is 1. The van der Waals surface area contributed by atoms with Gasteiger partial charge in [0.05, 0.1) is 16.1 Å². The van der Waals surface area contributed by atoms with Crippen molar-refractivity contribution >= 4 is 45.4 Å². The third-order valence-corrected chi connectivity index (χ3v) is 6.83. The lowest BCUT2D eigenvalue weighted by molar-refractivity contribution is -0.137. The van der Waals surface area contributed by atoms with E-state index in [9.17, 15) is 9.59 Å². The van der Waals surface area contributed by atoms with E-state index in [1.807, 2.05) is 44.4 Å². The molecule has 3 N–H and O–H groups in total. The first-order chi connectivity index (χ1) is 18.3. The maximum atomic E-state index is 12.7. The zero-order valence-electron chi connectivity index (χ0n) is 21.0. The minimum absolute atomic E-state index is 0.0880. The summed E-state index contributed by atoms with van der Waals surface area (Å²) in [5.41, 5.74) is 5.75. The highest BCUT2D eigenvalue weighted by molar-refractivity contribution is 6.34. The fraction of sp³-hybridized carbons (Fsp3) is 0.207. The number of H-pyrrole nitrogens is 1. The Bertz CT molecular complexity index is 1670. The molecule has 5 rings (SSSR count). The van der Waals surface area contributed by atoms with Crippen LogP contribution in [-0.2, 0) is 11.8 Å². The first-order valence-corrected chi connectivity index (χ1v) is 12.7. The van der Waals surface area contributed by atoms with Crippen LogP contribution in [0.2, 0.25) is 5.02 Å². The van der Waals surface area contributed by atoms with E-state index >= 15 is 0 Å². The number of ether oxygens (including phenoxy) is 1. The van der Waals surface area contributed by atoms with Gasteiger partial charge >= 0.3 is 5.97 Å². The van der Waals surface area contributed by atoms with Gasteiger partial charge in [0.2, 0.25) is 0 Å². The fourth-order valence-corrected chi connectivity index (χ4v) is 4.72. The van der Waals surface area contributed by atoms with Gasteiger partial charge in [0, 0.05) is 48.2 Å². The molecule has 1 amide bonds. The number of carboxylic acids is 1. The zero-order chi connectivity index (χ0) is 26.8. The summed E-state index contributed by atoms with van der Waals surface area (Å²) in [6.07, 6.45) is 3.22. The van der Waals surface area contributed by atoms with Crippen molar-refractivity contribution in [1.29, 1.82) is 0 Å². The van der Waals surface area contributed by atoms with Crippen LogP contribution in [0.4, 0.5) is 0 Å². The molecule has 0 aliphatic heterocycles. The largest absolute Gasteiger partial charge is 0.481 e. The van der Waals surface area contributed by atoms with Crippen LogP contribution in [0.25, 0.3) is 33.1 Å². The molecule has 0 bridgehead atoms. The Hall–Kier alpha value is -4.30. The molecule has 9 heteroatoms. The van der Waals surface area contributed by atoms with Crippen LogP contribution >= 0.6 is 11.6 Å². The summed E-state index contributed by atoms with van der Waals surface area (Å²) in [5, 5.41) is 13.3. The second kappa shape index (κ2) is 10.6. The SMILES string of the molecule is Cc1ccc(Oc2nc3cc(-c4ccc5c(ccn5C)c4)c(Cl)cc3[nH]2)cc1C(=O)NCCCCC(=O)O. The van der Waals surface area contributed by atoms with Crippen LogP contribution in [0.5, 0.6) is 11.8 Å². The number of carbonyl (C=O) groups excluding carboxylic acids is 1. The second-order valence-corrected chi connectivity index (χ2v) is 9.68. The number of hydrogen-bond donors (Lipinski definition) is 3. The minimum atomic E-state index is -0.838. The number of fused-ring (bicyclic) bond motifs is 2. The van der Waals surface area contributed by atoms with E-state index < -0.39 is 5.97 Å². The van der Waals surface area contributed by atoms with Crippen molar-refractivity contribution in [3.63, 3.8) is 0 Å². The molecule has 0 spiro atoms. The number of aryl methyl sites for hydroxylation is 2. The Morgan fingerprint density at radius 2 is 1.95 bits per heavy atom. The zero-order valence-corrected chi connectivity index (χ0v) is 21.8. The van der Waals surface area contributed by atoms with Crippen LogP contribution in [-0.4, -0.2) is 38.1 Å². The number of imidazole rings is 1. The van der Waals surface area contributed by atoms with Crippen molar-refractivity contribution in [2.75, 3.05) is 6.54 Å².